The number of pyridine rings is 1. The van der Waals surface area contributed by atoms with Gasteiger partial charge in [-0.2, -0.15) is 0 Å². The Balaban J connectivity index is 1.42. The van der Waals surface area contributed by atoms with Crippen LogP contribution in [-0.4, -0.2) is 27.8 Å². The predicted molar refractivity (Wildman–Crippen MR) is 161 cm³/mol. The van der Waals surface area contributed by atoms with Crippen molar-refractivity contribution >= 4 is 40.3 Å². The van der Waals surface area contributed by atoms with Crippen molar-refractivity contribution in [1.82, 2.24) is 14.9 Å². The lowest BCUT2D eigenvalue weighted by atomic mass is 9.98. The minimum Gasteiger partial charge on any atom is -0.370 e. The molecule has 0 bridgehead atoms. The summed E-state index contributed by atoms with van der Waals surface area (Å²) >= 11 is 12.9. The van der Waals surface area contributed by atoms with E-state index in [0.717, 1.165) is 52.5 Å². The molecule has 7 heteroatoms. The maximum absolute atomic E-state index is 6.95. The van der Waals surface area contributed by atoms with Crippen molar-refractivity contribution in [2.75, 3.05) is 22.9 Å². The number of hydrogen-bond donors (Lipinski definition) is 1. The molecule has 0 saturated carbocycles. The van der Waals surface area contributed by atoms with Gasteiger partial charge < -0.3 is 19.7 Å². The average molecular weight is 542 g/mol. The van der Waals surface area contributed by atoms with Crippen LogP contribution >= 0.6 is 23.8 Å². The molecular formula is C31H32ClN5S. The van der Waals surface area contributed by atoms with E-state index in [4.69, 9.17) is 28.8 Å². The number of piperidine rings is 1. The molecule has 0 spiro atoms. The molecule has 2 aliphatic rings. The second kappa shape index (κ2) is 10.4. The topological polar surface area (TPSA) is 36.3 Å². The van der Waals surface area contributed by atoms with E-state index in [-0.39, 0.29) is 12.1 Å². The first-order valence-corrected chi connectivity index (χ1v) is 14.1. The second-order valence-electron chi connectivity index (χ2n) is 10.4. The Morgan fingerprint density at radius 3 is 2.53 bits per heavy atom. The zero-order valence-electron chi connectivity index (χ0n) is 21.7. The fourth-order valence-electron chi connectivity index (χ4n) is 5.73. The highest BCUT2D eigenvalue weighted by Crippen LogP contribution is 2.44. The van der Waals surface area contributed by atoms with E-state index in [1.54, 1.807) is 0 Å². The second-order valence-corrected chi connectivity index (χ2v) is 11.2. The van der Waals surface area contributed by atoms with Gasteiger partial charge in [-0.05, 0) is 98.1 Å². The van der Waals surface area contributed by atoms with Crippen molar-refractivity contribution in [1.29, 1.82) is 0 Å². The summed E-state index contributed by atoms with van der Waals surface area (Å²) in [5.41, 5.74) is 6.49. The molecule has 2 aromatic carbocycles. The van der Waals surface area contributed by atoms with Crippen LogP contribution in [-0.2, 0) is 0 Å². The van der Waals surface area contributed by atoms with Gasteiger partial charge in [0.1, 0.15) is 6.04 Å². The summed E-state index contributed by atoms with van der Waals surface area (Å²) < 4.78 is 2.25. The van der Waals surface area contributed by atoms with Gasteiger partial charge in [-0.3, -0.25) is 4.98 Å². The van der Waals surface area contributed by atoms with Gasteiger partial charge in [0.05, 0.1) is 22.4 Å². The number of halogens is 1. The van der Waals surface area contributed by atoms with E-state index >= 15 is 0 Å². The van der Waals surface area contributed by atoms with Gasteiger partial charge in [0.25, 0.3) is 0 Å². The number of benzene rings is 2. The molecule has 4 heterocycles. The quantitative estimate of drug-likeness (QED) is 0.269. The van der Waals surface area contributed by atoms with Crippen LogP contribution in [0.1, 0.15) is 48.8 Å². The molecule has 6 rings (SSSR count). The van der Waals surface area contributed by atoms with E-state index in [1.807, 2.05) is 18.3 Å². The lowest BCUT2D eigenvalue weighted by Crippen LogP contribution is -2.33. The standard InChI is InChI=1S/C31H32ClN5S/c1-21-13-17-35(18-14-21)27-12-11-24(20-25(27)32)37-30(29(34-31(37)38)26-9-3-4-15-33-26)28-10-6-16-36(28)23-8-5-7-22(2)19-23/h3-12,15-16,19-21,29-30H,13-14,17-18H2,1-2H3,(H,34,38)/t29-,30+/m1/s1. The fraction of sp³-hybridized carbons (Fsp3) is 0.290. The third-order valence-electron chi connectivity index (χ3n) is 7.80. The van der Waals surface area contributed by atoms with Gasteiger partial charge in [0.15, 0.2) is 5.11 Å². The number of rotatable bonds is 5. The third-order valence-corrected chi connectivity index (χ3v) is 8.41. The van der Waals surface area contributed by atoms with Crippen molar-refractivity contribution in [3.8, 4) is 5.69 Å². The van der Waals surface area contributed by atoms with Crippen LogP contribution in [0.3, 0.4) is 0 Å². The summed E-state index contributed by atoms with van der Waals surface area (Å²) in [6.07, 6.45) is 6.35. The number of hydrogen-bond acceptors (Lipinski definition) is 3. The van der Waals surface area contributed by atoms with Gasteiger partial charge in [0.2, 0.25) is 0 Å². The van der Waals surface area contributed by atoms with E-state index in [2.05, 4.69) is 100 Å². The molecule has 0 unspecified atom stereocenters. The summed E-state index contributed by atoms with van der Waals surface area (Å²) in [5, 5.41) is 5.00. The Bertz CT molecular complexity index is 1440. The Morgan fingerprint density at radius 1 is 0.947 bits per heavy atom. The fourth-order valence-corrected chi connectivity index (χ4v) is 6.37. The molecule has 2 aromatic heterocycles. The highest BCUT2D eigenvalue weighted by atomic mass is 35.5. The Kier molecular flexibility index (Phi) is 6.85. The van der Waals surface area contributed by atoms with Crippen LogP contribution in [0.15, 0.2) is 85.2 Å². The normalized spacial score (nSPS) is 20.1. The maximum Gasteiger partial charge on any atom is 0.174 e. The number of nitrogens with one attached hydrogen (secondary N) is 1. The molecule has 5 nitrogen and oxygen atoms in total. The molecule has 2 saturated heterocycles. The number of aryl methyl sites for hydroxylation is 1. The van der Waals surface area contributed by atoms with Gasteiger partial charge >= 0.3 is 0 Å². The van der Waals surface area contributed by atoms with Crippen molar-refractivity contribution in [2.45, 2.75) is 38.8 Å². The third kappa shape index (κ3) is 4.67. The van der Waals surface area contributed by atoms with Crippen molar-refractivity contribution in [2.24, 2.45) is 5.92 Å². The van der Waals surface area contributed by atoms with E-state index < -0.39 is 0 Å². The molecule has 0 aliphatic carbocycles. The van der Waals surface area contributed by atoms with Gasteiger partial charge in [0, 0.05) is 42.6 Å². The molecule has 2 atom stereocenters. The van der Waals surface area contributed by atoms with E-state index in [0.29, 0.717) is 5.11 Å². The Labute approximate surface area is 235 Å². The minimum absolute atomic E-state index is 0.120. The minimum atomic E-state index is -0.121. The van der Waals surface area contributed by atoms with Crippen LogP contribution in [0, 0.1) is 12.8 Å². The Morgan fingerprint density at radius 2 is 1.79 bits per heavy atom. The van der Waals surface area contributed by atoms with Gasteiger partial charge in [-0.15, -0.1) is 0 Å². The molecule has 194 valence electrons. The predicted octanol–water partition coefficient (Wildman–Crippen LogP) is 7.25. The molecule has 2 fully saturated rings. The number of nitrogens with zero attached hydrogens (tertiary/aromatic N) is 4. The first-order valence-electron chi connectivity index (χ1n) is 13.3. The van der Waals surface area contributed by atoms with Gasteiger partial charge in [-0.25, -0.2) is 0 Å². The zero-order chi connectivity index (χ0) is 26.2. The molecule has 4 aromatic rings. The monoisotopic (exact) mass is 541 g/mol. The molecule has 0 radical (unpaired) electrons. The molecule has 1 N–H and O–H groups in total. The van der Waals surface area contributed by atoms with E-state index in [9.17, 15) is 0 Å². The van der Waals surface area contributed by atoms with Gasteiger partial charge in [-0.1, -0.05) is 36.7 Å². The van der Waals surface area contributed by atoms with Crippen LogP contribution in [0.2, 0.25) is 5.02 Å². The lowest BCUT2D eigenvalue weighted by molar-refractivity contribution is 0.438. The number of anilines is 2. The molecule has 38 heavy (non-hydrogen) atoms. The summed E-state index contributed by atoms with van der Waals surface area (Å²) in [6.45, 7) is 6.53. The average Bonchev–Trinajstić information content (AvgIpc) is 3.54. The highest BCUT2D eigenvalue weighted by molar-refractivity contribution is 7.80. The van der Waals surface area contributed by atoms with Crippen LogP contribution < -0.4 is 15.1 Å². The zero-order valence-corrected chi connectivity index (χ0v) is 23.3. The largest absolute Gasteiger partial charge is 0.370 e. The van der Waals surface area contributed by atoms with Crippen molar-refractivity contribution in [3.63, 3.8) is 0 Å². The highest BCUT2D eigenvalue weighted by Gasteiger charge is 2.42. The van der Waals surface area contributed by atoms with Crippen molar-refractivity contribution in [3.05, 3.63) is 107 Å². The summed E-state index contributed by atoms with van der Waals surface area (Å²) in [5.74, 6) is 0.770. The van der Waals surface area contributed by atoms with Crippen molar-refractivity contribution < 1.29 is 0 Å². The molecule has 2 aliphatic heterocycles. The van der Waals surface area contributed by atoms with Crippen LogP contribution in [0.25, 0.3) is 5.69 Å². The molecular weight excluding hydrogens is 510 g/mol. The first kappa shape index (κ1) is 25.0. The van der Waals surface area contributed by atoms with Crippen LogP contribution in [0.4, 0.5) is 11.4 Å². The lowest BCUT2D eigenvalue weighted by Gasteiger charge is -2.33. The van der Waals surface area contributed by atoms with E-state index in [1.165, 1.54) is 18.4 Å². The summed E-state index contributed by atoms with van der Waals surface area (Å²) in [4.78, 5) is 9.31. The smallest absolute Gasteiger partial charge is 0.174 e. The van der Waals surface area contributed by atoms with Crippen LogP contribution in [0.5, 0.6) is 0 Å². The Hall–Kier alpha value is -3.35. The number of thiocarbonyl (C=S) groups is 1. The summed E-state index contributed by atoms with van der Waals surface area (Å²) in [7, 11) is 0. The summed E-state index contributed by atoms with van der Waals surface area (Å²) in [6, 6.07) is 25.0. The molecule has 0 amide bonds. The number of aromatic nitrogens is 2. The first-order chi connectivity index (χ1) is 18.5. The SMILES string of the molecule is Cc1cccc(-n2cccc2[C@H]2[C@@H](c3ccccn3)NC(=S)N2c2ccc(N3CCC(C)CC3)c(Cl)c2)c1. The maximum atomic E-state index is 6.95.